The molecule has 1 saturated carbocycles. The number of hydrogen-bond donors (Lipinski definition) is 2. The van der Waals surface area contributed by atoms with Crippen molar-refractivity contribution in [3.05, 3.63) is 33.9 Å². The second-order valence-electron chi connectivity index (χ2n) is 7.25. The third kappa shape index (κ3) is 5.40. The van der Waals surface area contributed by atoms with Gasteiger partial charge in [0.1, 0.15) is 5.69 Å². The van der Waals surface area contributed by atoms with Crippen molar-refractivity contribution in [3.63, 3.8) is 0 Å². The fourth-order valence-corrected chi connectivity index (χ4v) is 3.68. The first-order valence-electron chi connectivity index (χ1n) is 9.53. The molecule has 1 aliphatic heterocycles. The van der Waals surface area contributed by atoms with Crippen LogP contribution in [0.5, 0.6) is 0 Å². The Hall–Kier alpha value is -2.19. The monoisotopic (exact) mass is 378 g/mol. The summed E-state index contributed by atoms with van der Waals surface area (Å²) in [6, 6.07) is 5.12. The molecule has 0 radical (unpaired) electrons. The number of benzene rings is 1. The van der Waals surface area contributed by atoms with Gasteiger partial charge in [0, 0.05) is 18.7 Å². The quantitative estimate of drug-likeness (QED) is 0.550. The molecule has 1 saturated heterocycles. The molecule has 8 heteroatoms. The van der Waals surface area contributed by atoms with Crippen LogP contribution in [0, 0.1) is 16.0 Å². The van der Waals surface area contributed by atoms with Crippen LogP contribution in [-0.2, 0) is 20.9 Å². The molecule has 0 spiro atoms. The number of aliphatic carboxylic acids is 1. The molecule has 8 nitrogen and oxygen atoms in total. The van der Waals surface area contributed by atoms with Gasteiger partial charge in [-0.2, -0.15) is 0 Å². The number of ether oxygens (including phenoxy) is 2. The highest BCUT2D eigenvalue weighted by molar-refractivity contribution is 5.70. The summed E-state index contributed by atoms with van der Waals surface area (Å²) < 4.78 is 11.2. The molecule has 1 heterocycles. The van der Waals surface area contributed by atoms with Crippen LogP contribution in [0.4, 0.5) is 11.4 Å². The maximum Gasteiger partial charge on any atom is 0.306 e. The molecule has 148 valence electrons. The molecule has 27 heavy (non-hydrogen) atoms. The van der Waals surface area contributed by atoms with Crippen molar-refractivity contribution in [3.8, 4) is 0 Å². The van der Waals surface area contributed by atoms with E-state index in [0.29, 0.717) is 38.0 Å². The standard InChI is InChI=1S/C19H26N2O6/c22-19(23)14-5-7-15(8-6-14)20-16-9-4-13(11-17(16)21(24)25)12-27-18-3-1-2-10-26-18/h4,9,11,14-15,18,20H,1-3,5-8,10,12H2,(H,22,23). The molecule has 0 bridgehead atoms. The van der Waals surface area contributed by atoms with E-state index in [9.17, 15) is 14.9 Å². The molecule has 1 aromatic rings. The van der Waals surface area contributed by atoms with E-state index >= 15 is 0 Å². The highest BCUT2D eigenvalue weighted by atomic mass is 16.7. The zero-order valence-electron chi connectivity index (χ0n) is 15.3. The summed E-state index contributed by atoms with van der Waals surface area (Å²) in [5.74, 6) is -1.06. The first-order valence-corrected chi connectivity index (χ1v) is 9.53. The topological polar surface area (TPSA) is 111 Å². The summed E-state index contributed by atoms with van der Waals surface area (Å²) in [5, 5.41) is 23.8. The van der Waals surface area contributed by atoms with Crippen LogP contribution in [0.25, 0.3) is 0 Å². The fraction of sp³-hybridized carbons (Fsp3) is 0.632. The van der Waals surface area contributed by atoms with E-state index in [0.717, 1.165) is 24.8 Å². The van der Waals surface area contributed by atoms with E-state index in [1.165, 1.54) is 6.07 Å². The summed E-state index contributed by atoms with van der Waals surface area (Å²) >= 11 is 0. The first kappa shape index (κ1) is 19.6. The Labute approximate surface area is 158 Å². The highest BCUT2D eigenvalue weighted by Crippen LogP contribution is 2.31. The number of rotatable bonds is 7. The second-order valence-corrected chi connectivity index (χ2v) is 7.25. The molecule has 3 rings (SSSR count). The molecule has 0 amide bonds. The van der Waals surface area contributed by atoms with Crippen molar-refractivity contribution in [1.82, 2.24) is 0 Å². The van der Waals surface area contributed by atoms with Gasteiger partial charge < -0.3 is 19.9 Å². The van der Waals surface area contributed by atoms with E-state index in [4.69, 9.17) is 14.6 Å². The van der Waals surface area contributed by atoms with Crippen molar-refractivity contribution in [2.24, 2.45) is 5.92 Å². The third-order valence-electron chi connectivity index (χ3n) is 5.27. The van der Waals surface area contributed by atoms with Crippen LogP contribution < -0.4 is 5.32 Å². The van der Waals surface area contributed by atoms with Crippen molar-refractivity contribution in [2.45, 2.75) is 63.9 Å². The SMILES string of the molecule is O=C(O)C1CCC(Nc2ccc(COC3CCCCO3)cc2[N+](=O)[O-])CC1. The summed E-state index contributed by atoms with van der Waals surface area (Å²) in [6.07, 6.45) is 5.29. The minimum Gasteiger partial charge on any atom is -0.481 e. The lowest BCUT2D eigenvalue weighted by Crippen LogP contribution is -2.29. The molecule has 2 N–H and O–H groups in total. The minimum atomic E-state index is -0.759. The van der Waals surface area contributed by atoms with Gasteiger partial charge in [-0.1, -0.05) is 6.07 Å². The smallest absolute Gasteiger partial charge is 0.306 e. The summed E-state index contributed by atoms with van der Waals surface area (Å²) in [5.41, 5.74) is 1.22. The normalized spacial score (nSPS) is 25.7. The van der Waals surface area contributed by atoms with Gasteiger partial charge in [0.2, 0.25) is 0 Å². The maximum atomic E-state index is 11.5. The Morgan fingerprint density at radius 2 is 2.04 bits per heavy atom. The molecular formula is C19H26N2O6. The zero-order valence-corrected chi connectivity index (χ0v) is 15.3. The highest BCUT2D eigenvalue weighted by Gasteiger charge is 2.27. The number of carboxylic acids is 1. The van der Waals surface area contributed by atoms with Gasteiger partial charge in [-0.25, -0.2) is 0 Å². The number of carbonyl (C=O) groups is 1. The Morgan fingerprint density at radius 3 is 2.67 bits per heavy atom. The third-order valence-corrected chi connectivity index (χ3v) is 5.27. The summed E-state index contributed by atoms with van der Waals surface area (Å²) in [7, 11) is 0. The second kappa shape index (κ2) is 9.14. The zero-order chi connectivity index (χ0) is 19.2. The number of nitro groups is 1. The van der Waals surface area contributed by atoms with Crippen LogP contribution in [0.1, 0.15) is 50.5 Å². The van der Waals surface area contributed by atoms with Crippen molar-refractivity contribution in [1.29, 1.82) is 0 Å². The van der Waals surface area contributed by atoms with Crippen molar-refractivity contribution >= 4 is 17.3 Å². The number of anilines is 1. The lowest BCUT2D eigenvalue weighted by atomic mass is 9.86. The Bertz CT molecular complexity index is 666. The van der Waals surface area contributed by atoms with E-state index in [2.05, 4.69) is 5.32 Å². The van der Waals surface area contributed by atoms with Gasteiger partial charge in [-0.15, -0.1) is 0 Å². The van der Waals surface area contributed by atoms with E-state index in [1.54, 1.807) is 6.07 Å². The van der Waals surface area contributed by atoms with Gasteiger partial charge in [-0.3, -0.25) is 14.9 Å². The molecular weight excluding hydrogens is 352 g/mol. The summed E-state index contributed by atoms with van der Waals surface area (Å²) in [4.78, 5) is 22.1. The van der Waals surface area contributed by atoms with Gasteiger partial charge >= 0.3 is 5.97 Å². The predicted octanol–water partition coefficient (Wildman–Crippen LogP) is 3.69. The van der Waals surface area contributed by atoms with Gasteiger partial charge in [-0.05, 0) is 56.6 Å². The summed E-state index contributed by atoms with van der Waals surface area (Å²) in [6.45, 7) is 0.966. The van der Waals surface area contributed by atoms with Crippen LogP contribution >= 0.6 is 0 Å². The number of nitrogens with zero attached hydrogens (tertiary/aromatic N) is 1. The minimum absolute atomic E-state index is 0.0148. The number of nitrogens with one attached hydrogen (secondary N) is 1. The van der Waals surface area contributed by atoms with Crippen LogP contribution in [-0.4, -0.2) is 34.9 Å². The average molecular weight is 378 g/mol. The lowest BCUT2D eigenvalue weighted by Gasteiger charge is -2.27. The maximum absolute atomic E-state index is 11.5. The number of nitro benzene ring substituents is 1. The van der Waals surface area contributed by atoms with Gasteiger partial charge in [0.25, 0.3) is 5.69 Å². The van der Waals surface area contributed by atoms with Crippen LogP contribution in [0.3, 0.4) is 0 Å². The number of carboxylic acid groups (broad SMARTS) is 1. The molecule has 1 unspecified atom stereocenters. The number of hydrogen-bond acceptors (Lipinski definition) is 6. The molecule has 1 aliphatic carbocycles. The van der Waals surface area contributed by atoms with E-state index < -0.39 is 10.9 Å². The molecule has 2 aliphatic rings. The van der Waals surface area contributed by atoms with Crippen LogP contribution in [0.2, 0.25) is 0 Å². The predicted molar refractivity (Wildman–Crippen MR) is 98.5 cm³/mol. The Morgan fingerprint density at radius 1 is 1.26 bits per heavy atom. The van der Waals surface area contributed by atoms with Gasteiger partial charge in [0.05, 0.1) is 17.4 Å². The molecule has 0 aromatic heterocycles. The fourth-order valence-electron chi connectivity index (χ4n) is 3.68. The Balaban J connectivity index is 1.60. The van der Waals surface area contributed by atoms with Crippen molar-refractivity contribution in [2.75, 3.05) is 11.9 Å². The van der Waals surface area contributed by atoms with Crippen LogP contribution in [0.15, 0.2) is 18.2 Å². The van der Waals surface area contributed by atoms with E-state index in [1.807, 2.05) is 6.07 Å². The van der Waals surface area contributed by atoms with E-state index in [-0.39, 0.29) is 30.5 Å². The molecule has 1 aromatic carbocycles. The average Bonchev–Trinajstić information content (AvgIpc) is 2.68. The molecule has 1 atom stereocenters. The van der Waals surface area contributed by atoms with Gasteiger partial charge in [0.15, 0.2) is 6.29 Å². The first-order chi connectivity index (χ1) is 13.0. The largest absolute Gasteiger partial charge is 0.481 e. The Kier molecular flexibility index (Phi) is 6.63. The lowest BCUT2D eigenvalue weighted by molar-refractivity contribution is -0.384. The molecule has 2 fully saturated rings. The van der Waals surface area contributed by atoms with Crippen molar-refractivity contribution < 1.29 is 24.3 Å².